The van der Waals surface area contributed by atoms with Gasteiger partial charge in [0.15, 0.2) is 11.5 Å². The number of nitrogens with zero attached hydrogens (tertiary/aromatic N) is 2. The first-order chi connectivity index (χ1) is 28.8. The molecule has 2 aromatic heterocycles. The maximum atomic E-state index is 15.0. The number of aromatic hydroxyl groups is 2. The van der Waals surface area contributed by atoms with Crippen molar-refractivity contribution in [2.45, 2.75) is 107 Å². The molecule has 5 unspecified atom stereocenters. The number of aromatic nitrogens is 2. The van der Waals surface area contributed by atoms with Gasteiger partial charge in [0.25, 0.3) is 0 Å². The van der Waals surface area contributed by atoms with Crippen molar-refractivity contribution in [3.05, 3.63) is 146 Å². The highest BCUT2D eigenvalue weighted by atomic mass is 16.5. The number of carbonyl (C=O) groups is 2. The van der Waals surface area contributed by atoms with Gasteiger partial charge in [-0.05, 0) is 122 Å². The molecule has 8 nitrogen and oxygen atoms in total. The summed E-state index contributed by atoms with van der Waals surface area (Å²) in [6.45, 7) is 0. The number of hydrogen-bond acceptors (Lipinski definition) is 5. The third-order valence-electron chi connectivity index (χ3n) is 13.8. The van der Waals surface area contributed by atoms with Gasteiger partial charge in [0, 0.05) is 35.8 Å². The lowest BCUT2D eigenvalue weighted by molar-refractivity contribution is -0.129. The Morgan fingerprint density at radius 3 is 2.59 bits per heavy atom. The Hall–Kier alpha value is -5.76. The van der Waals surface area contributed by atoms with Gasteiger partial charge in [-0.1, -0.05) is 96.0 Å². The molecule has 5 aromatic rings. The largest absolute Gasteiger partial charge is 0.664 e. The number of ether oxygens (including phenoxy) is 1. The summed E-state index contributed by atoms with van der Waals surface area (Å²) in [6.07, 6.45) is 19.4. The number of rotatable bonds is 4. The zero-order valence-electron chi connectivity index (χ0n) is 33.4. The van der Waals surface area contributed by atoms with Gasteiger partial charge in [0.1, 0.15) is 17.3 Å². The fourth-order valence-electron chi connectivity index (χ4n) is 10.8. The minimum Gasteiger partial charge on any atom is -0.664 e. The van der Waals surface area contributed by atoms with Crippen LogP contribution in [0.3, 0.4) is 0 Å². The van der Waals surface area contributed by atoms with Crippen LogP contribution >= 0.6 is 0 Å². The van der Waals surface area contributed by atoms with E-state index >= 15 is 4.79 Å². The van der Waals surface area contributed by atoms with Crippen LogP contribution in [0.25, 0.3) is 17.5 Å². The molecule has 59 heavy (non-hydrogen) atoms. The smallest absolute Gasteiger partial charge is 0.161 e. The fourth-order valence-corrected chi connectivity index (χ4v) is 10.8. The Kier molecular flexibility index (Phi) is 10.0. The molecule has 302 valence electrons. The Morgan fingerprint density at radius 1 is 0.814 bits per heavy atom. The van der Waals surface area contributed by atoms with E-state index in [4.69, 9.17) is 15.0 Å². The van der Waals surface area contributed by atoms with Gasteiger partial charge in [-0.3, -0.25) is 9.59 Å². The molecule has 0 spiro atoms. The van der Waals surface area contributed by atoms with Crippen molar-refractivity contribution in [1.29, 1.82) is 0 Å². The Bertz CT molecular complexity index is 2460. The molecule has 1 fully saturated rings. The van der Waals surface area contributed by atoms with Gasteiger partial charge < -0.3 is 30.2 Å². The number of benzene rings is 3. The summed E-state index contributed by atoms with van der Waals surface area (Å²) < 4.78 is 6.44. The van der Waals surface area contributed by atoms with Crippen molar-refractivity contribution in [2.24, 2.45) is 11.8 Å². The molecule has 8 heteroatoms. The van der Waals surface area contributed by atoms with Crippen molar-refractivity contribution < 1.29 is 24.5 Å². The SMILES string of the molecule is O=C1CCc2cc(c(O)c(OC3CCCC3)c2)Cc2cccc(c2)C2CCC([N-]c3[nH]ccc32)C2=Cc3[n-]ccc3C(CC3C=Cc4c(O)cccc4CC3)C2C(=O)C1. The van der Waals surface area contributed by atoms with Crippen LogP contribution in [0.4, 0.5) is 5.82 Å². The van der Waals surface area contributed by atoms with E-state index < -0.39 is 5.92 Å². The quantitative estimate of drug-likeness (QED) is 0.156. The maximum absolute atomic E-state index is 15.0. The molecule has 5 atom stereocenters. The number of allylic oxidation sites excluding steroid dienone is 1. The van der Waals surface area contributed by atoms with Gasteiger partial charge in [-0.25, -0.2) is 0 Å². The molecule has 3 N–H and O–H groups in total. The van der Waals surface area contributed by atoms with Crippen LogP contribution in [0.2, 0.25) is 0 Å². The molecule has 0 amide bonds. The van der Waals surface area contributed by atoms with E-state index in [0.29, 0.717) is 25.0 Å². The monoisotopic (exact) mass is 785 g/mol. The van der Waals surface area contributed by atoms with Gasteiger partial charge in [-0.2, -0.15) is 6.20 Å². The van der Waals surface area contributed by atoms with E-state index in [9.17, 15) is 15.0 Å². The lowest BCUT2D eigenvalue weighted by Crippen LogP contribution is -2.34. The first-order valence-electron chi connectivity index (χ1n) is 21.7. The molecule has 1 aliphatic heterocycles. The van der Waals surface area contributed by atoms with Crippen molar-refractivity contribution in [1.82, 2.24) is 9.97 Å². The second-order valence-corrected chi connectivity index (χ2v) is 17.5. The van der Waals surface area contributed by atoms with Crippen molar-refractivity contribution in [3.63, 3.8) is 0 Å². The molecule has 4 aliphatic carbocycles. The number of hydrogen-bond donors (Lipinski definition) is 3. The lowest BCUT2D eigenvalue weighted by Gasteiger charge is -2.40. The molecule has 5 aliphatic rings. The van der Waals surface area contributed by atoms with E-state index in [1.165, 1.54) is 5.56 Å². The van der Waals surface area contributed by atoms with E-state index in [1.54, 1.807) is 6.07 Å². The lowest BCUT2D eigenvalue weighted by atomic mass is 9.67. The zero-order valence-corrected chi connectivity index (χ0v) is 33.4. The summed E-state index contributed by atoms with van der Waals surface area (Å²) in [6, 6.07) is 22.2. The standard InChI is InChI=1S/C51H51N3O5/c55-36-15-12-32-25-35(50(58)48(27-32)59-37-8-1-2-9-37)24-31-5-3-7-34(23-31)38-17-18-44(54-51-41(38)20-22-53-51)43-29-45-40(19-21-52-45)42(49(43)47(57)28-36)26-30-11-14-33-6-4-10-46(56)39(33)16-13-30/h3-7,10,13,16,19-23,25,27,29-30,37-38,42,44,49,53,56,58H,1-2,8-9,11-12,14-15,17-18,24,26,28H2/q-2. The normalized spacial score (nSPS) is 24.3. The summed E-state index contributed by atoms with van der Waals surface area (Å²) in [7, 11) is 0. The van der Waals surface area contributed by atoms with Crippen LogP contribution in [-0.2, 0) is 28.9 Å². The number of phenolic OH excluding ortho intramolecular Hbond substituents is 2. The molecule has 6 bridgehead atoms. The van der Waals surface area contributed by atoms with Crippen molar-refractivity contribution in [2.75, 3.05) is 0 Å². The van der Waals surface area contributed by atoms with E-state index in [1.807, 2.05) is 36.7 Å². The maximum Gasteiger partial charge on any atom is 0.161 e. The number of phenols is 2. The number of aromatic amines is 1. The molecule has 1 saturated carbocycles. The third kappa shape index (κ3) is 7.43. The van der Waals surface area contributed by atoms with Crippen LogP contribution in [0.1, 0.15) is 126 Å². The predicted octanol–water partition coefficient (Wildman–Crippen LogP) is 10.5. The summed E-state index contributed by atoms with van der Waals surface area (Å²) in [5.74, 6) is 1.09. The van der Waals surface area contributed by atoms with Gasteiger partial charge >= 0.3 is 0 Å². The summed E-state index contributed by atoms with van der Waals surface area (Å²) >= 11 is 0. The highest BCUT2D eigenvalue weighted by Crippen LogP contribution is 2.51. The molecule has 3 heterocycles. The molecular formula is C51H51N3O5-2. The number of aryl methyl sites for hydroxylation is 2. The van der Waals surface area contributed by atoms with Crippen LogP contribution in [0, 0.1) is 11.8 Å². The van der Waals surface area contributed by atoms with Crippen molar-refractivity contribution in [3.8, 4) is 17.2 Å². The van der Waals surface area contributed by atoms with E-state index in [-0.39, 0.29) is 65.8 Å². The highest BCUT2D eigenvalue weighted by molar-refractivity contribution is 6.02. The Labute approximate surface area is 345 Å². The van der Waals surface area contributed by atoms with Crippen LogP contribution in [0.5, 0.6) is 17.2 Å². The predicted molar refractivity (Wildman–Crippen MR) is 229 cm³/mol. The molecule has 0 radical (unpaired) electrons. The molecule has 10 rings (SSSR count). The average molecular weight is 786 g/mol. The number of carbonyl (C=O) groups excluding carboxylic acids is 2. The number of ketones is 2. The number of H-pyrrole nitrogens is 1. The number of fused-ring (bicyclic) bond motifs is 14. The summed E-state index contributed by atoms with van der Waals surface area (Å²) in [5, 5.41) is 27.7. The minimum absolute atomic E-state index is 0.0650. The van der Waals surface area contributed by atoms with Crippen LogP contribution in [0.15, 0.2) is 90.8 Å². The molecule has 0 saturated heterocycles. The zero-order chi connectivity index (χ0) is 40.0. The second-order valence-electron chi connectivity index (χ2n) is 17.5. The summed E-state index contributed by atoms with van der Waals surface area (Å²) in [5.41, 5.74) is 9.99. The first-order valence-corrected chi connectivity index (χ1v) is 21.7. The van der Waals surface area contributed by atoms with E-state index in [2.05, 4.69) is 59.6 Å². The van der Waals surface area contributed by atoms with Crippen LogP contribution < -0.4 is 9.72 Å². The fraction of sp³-hybridized carbons (Fsp3) is 0.373. The number of nitrogens with one attached hydrogen (secondary N) is 1. The van der Waals surface area contributed by atoms with E-state index in [0.717, 1.165) is 107 Å². The Balaban J connectivity index is 1.04. The number of Topliss-reactive ketones (excluding diaryl/α,β-unsaturated/α-hetero) is 2. The highest BCUT2D eigenvalue weighted by Gasteiger charge is 2.40. The minimum atomic E-state index is -0.541. The third-order valence-corrected chi connectivity index (χ3v) is 13.8. The van der Waals surface area contributed by atoms with Gasteiger partial charge in [-0.15, -0.1) is 5.69 Å². The second kappa shape index (κ2) is 15.8. The summed E-state index contributed by atoms with van der Waals surface area (Å²) in [4.78, 5) is 37.3. The first kappa shape index (κ1) is 37.5. The topological polar surface area (TPSA) is 128 Å². The molecule has 3 aromatic carbocycles. The van der Waals surface area contributed by atoms with Crippen molar-refractivity contribution >= 4 is 29.5 Å². The van der Waals surface area contributed by atoms with Gasteiger partial charge in [0.05, 0.1) is 12.5 Å². The molecular weight excluding hydrogens is 735 g/mol. The average Bonchev–Trinajstić information content (AvgIpc) is 3.98. The van der Waals surface area contributed by atoms with Crippen LogP contribution in [-0.4, -0.2) is 38.9 Å². The van der Waals surface area contributed by atoms with Gasteiger partial charge in [0.2, 0.25) is 0 Å². The Morgan fingerprint density at radius 2 is 1.69 bits per heavy atom.